The third kappa shape index (κ3) is 4.26. The second-order valence-corrected chi connectivity index (χ2v) is 13.8. The summed E-state index contributed by atoms with van der Waals surface area (Å²) in [4.78, 5) is 5.24. The van der Waals surface area contributed by atoms with Gasteiger partial charge in [0.05, 0.1) is 11.2 Å². The van der Waals surface area contributed by atoms with Crippen LogP contribution in [0.25, 0.3) is 110 Å². The van der Waals surface area contributed by atoms with Crippen molar-refractivity contribution in [3.63, 3.8) is 0 Å². The van der Waals surface area contributed by atoms with Crippen LogP contribution in [0.15, 0.2) is 188 Å². The highest BCUT2D eigenvalue weighted by atomic mass is 14.7. The Hall–Kier alpha value is -6.83. The lowest BCUT2D eigenvalue weighted by atomic mass is 9.82. The Morgan fingerprint density at radius 3 is 1.54 bits per heavy atom. The van der Waals surface area contributed by atoms with Gasteiger partial charge in [-0.25, -0.2) is 4.98 Å². The van der Waals surface area contributed by atoms with Gasteiger partial charge in [-0.3, -0.25) is 0 Å². The zero-order valence-corrected chi connectivity index (χ0v) is 28.3. The lowest BCUT2D eigenvalue weighted by Crippen LogP contribution is -1.93. The fraction of sp³-hybridized carbons (Fsp3) is 0. The molecule has 0 fully saturated rings. The van der Waals surface area contributed by atoms with Crippen molar-refractivity contribution in [1.29, 1.82) is 0 Å². The molecule has 52 heavy (non-hydrogen) atoms. The van der Waals surface area contributed by atoms with Gasteiger partial charge in [-0.1, -0.05) is 176 Å². The molecule has 0 spiro atoms. The molecule has 0 saturated carbocycles. The minimum absolute atomic E-state index is 0.982. The van der Waals surface area contributed by atoms with E-state index < -0.39 is 0 Å². The molecule has 1 aliphatic rings. The van der Waals surface area contributed by atoms with E-state index in [1.165, 1.54) is 88.0 Å². The summed E-state index contributed by atoms with van der Waals surface area (Å²) in [6, 6.07) is 68.5. The first-order valence-electron chi connectivity index (χ1n) is 18.0. The predicted molar refractivity (Wildman–Crippen MR) is 220 cm³/mol. The monoisotopic (exact) mass is 657 g/mol. The van der Waals surface area contributed by atoms with Crippen LogP contribution in [0.2, 0.25) is 0 Å². The molecule has 0 saturated heterocycles. The third-order valence-corrected chi connectivity index (χ3v) is 11.0. The Morgan fingerprint density at radius 2 is 0.808 bits per heavy atom. The zero-order chi connectivity index (χ0) is 34.2. The van der Waals surface area contributed by atoms with Gasteiger partial charge in [0.2, 0.25) is 0 Å². The minimum Gasteiger partial charge on any atom is -0.247 e. The molecule has 1 heterocycles. The molecule has 1 aromatic heterocycles. The van der Waals surface area contributed by atoms with Gasteiger partial charge < -0.3 is 0 Å². The Kier molecular flexibility index (Phi) is 6.32. The maximum absolute atomic E-state index is 5.24. The molecule has 1 aliphatic carbocycles. The summed E-state index contributed by atoms with van der Waals surface area (Å²) in [6.07, 6.45) is 0. The van der Waals surface area contributed by atoms with Crippen molar-refractivity contribution in [3.05, 3.63) is 188 Å². The maximum Gasteiger partial charge on any atom is 0.0787 e. The summed E-state index contributed by atoms with van der Waals surface area (Å²) in [6.45, 7) is 0. The van der Waals surface area contributed by atoms with Crippen LogP contribution in [0, 0.1) is 0 Å². The van der Waals surface area contributed by atoms with E-state index in [1.807, 2.05) is 0 Å². The SMILES string of the molecule is c1ccc(-c2c3c(c(-c4ccccc4)c4ccccc24)-c2ccc(-c4cccc(-c5ccc6ccc7ccccc7c6n5)c4)c4cccc-3c24)cc1. The number of benzene rings is 9. The summed E-state index contributed by atoms with van der Waals surface area (Å²) < 4.78 is 0. The van der Waals surface area contributed by atoms with Crippen LogP contribution in [0.5, 0.6) is 0 Å². The molecule has 0 N–H and O–H groups in total. The number of hydrogen-bond donors (Lipinski definition) is 0. The van der Waals surface area contributed by atoms with Gasteiger partial charge in [0.25, 0.3) is 0 Å². The highest BCUT2D eigenvalue weighted by molar-refractivity contribution is 6.28. The van der Waals surface area contributed by atoms with Crippen LogP contribution in [0.1, 0.15) is 0 Å². The molecular weight excluding hydrogens is 627 g/mol. The molecule has 11 rings (SSSR count). The summed E-state index contributed by atoms with van der Waals surface area (Å²) in [5, 5.41) is 8.69. The lowest BCUT2D eigenvalue weighted by Gasteiger charge is -2.20. The molecule has 0 amide bonds. The molecule has 0 unspecified atom stereocenters. The van der Waals surface area contributed by atoms with Gasteiger partial charge in [0.1, 0.15) is 0 Å². The first-order valence-corrected chi connectivity index (χ1v) is 18.0. The highest BCUT2D eigenvalue weighted by Gasteiger charge is 2.31. The van der Waals surface area contributed by atoms with Gasteiger partial charge in [-0.05, 0) is 94.7 Å². The average molecular weight is 658 g/mol. The van der Waals surface area contributed by atoms with Crippen molar-refractivity contribution < 1.29 is 0 Å². The Balaban J connectivity index is 1.16. The Labute approximate surface area is 302 Å². The predicted octanol–water partition coefficient (Wildman–Crippen LogP) is 14.0. The largest absolute Gasteiger partial charge is 0.247 e. The van der Waals surface area contributed by atoms with Crippen LogP contribution >= 0.6 is 0 Å². The third-order valence-electron chi connectivity index (χ3n) is 11.0. The minimum atomic E-state index is 0.982. The van der Waals surface area contributed by atoms with Crippen LogP contribution < -0.4 is 0 Å². The van der Waals surface area contributed by atoms with Crippen LogP contribution in [0.4, 0.5) is 0 Å². The topological polar surface area (TPSA) is 12.9 Å². The van der Waals surface area contributed by atoms with Crippen molar-refractivity contribution >= 4 is 43.2 Å². The van der Waals surface area contributed by atoms with E-state index in [-0.39, 0.29) is 0 Å². The smallest absolute Gasteiger partial charge is 0.0787 e. The number of pyridine rings is 1. The quantitative estimate of drug-likeness (QED) is 0.172. The van der Waals surface area contributed by atoms with E-state index in [9.17, 15) is 0 Å². The van der Waals surface area contributed by atoms with Gasteiger partial charge in [0.15, 0.2) is 0 Å². The highest BCUT2D eigenvalue weighted by Crippen LogP contribution is 2.58. The first-order chi connectivity index (χ1) is 25.8. The van der Waals surface area contributed by atoms with E-state index in [2.05, 4.69) is 188 Å². The number of nitrogens with zero attached hydrogens (tertiary/aromatic N) is 1. The van der Waals surface area contributed by atoms with E-state index in [4.69, 9.17) is 4.98 Å². The second kappa shape index (κ2) is 11.3. The standard InChI is InChI=1S/C51H31N/c1-3-14-33(15-4-1)46-41-21-9-10-22-42(41)47(34-16-5-2-6-17-34)50-44-29-28-38(40-23-12-24-43(48(40)44)49(46)50)36-18-11-19-37(31-36)45-30-27-35-26-25-32-13-7-8-20-39(32)51(35)52-45/h1-31H. The number of aromatic nitrogens is 1. The molecule has 10 aromatic rings. The zero-order valence-electron chi connectivity index (χ0n) is 28.3. The molecule has 9 aromatic carbocycles. The molecule has 1 heteroatoms. The van der Waals surface area contributed by atoms with Gasteiger partial charge in [0, 0.05) is 16.3 Å². The molecule has 0 atom stereocenters. The fourth-order valence-electron chi connectivity index (χ4n) is 8.73. The Bertz CT molecular complexity index is 2960. The van der Waals surface area contributed by atoms with Gasteiger partial charge in [-0.2, -0.15) is 0 Å². The molecule has 0 aliphatic heterocycles. The maximum atomic E-state index is 5.24. The van der Waals surface area contributed by atoms with Crippen LogP contribution in [-0.4, -0.2) is 4.98 Å². The van der Waals surface area contributed by atoms with E-state index in [0.29, 0.717) is 0 Å². The van der Waals surface area contributed by atoms with Gasteiger partial charge in [-0.15, -0.1) is 0 Å². The number of rotatable bonds is 4. The molecule has 1 nitrogen and oxygen atoms in total. The Morgan fingerprint density at radius 1 is 0.288 bits per heavy atom. The van der Waals surface area contributed by atoms with E-state index >= 15 is 0 Å². The lowest BCUT2D eigenvalue weighted by molar-refractivity contribution is 1.41. The van der Waals surface area contributed by atoms with Gasteiger partial charge >= 0.3 is 0 Å². The first kappa shape index (κ1) is 29.0. The normalized spacial score (nSPS) is 11.8. The second-order valence-electron chi connectivity index (χ2n) is 13.8. The van der Waals surface area contributed by atoms with Crippen LogP contribution in [-0.2, 0) is 0 Å². The van der Waals surface area contributed by atoms with E-state index in [1.54, 1.807) is 0 Å². The molecular formula is C51H31N. The molecule has 0 radical (unpaired) electrons. The van der Waals surface area contributed by atoms with Crippen molar-refractivity contribution in [2.45, 2.75) is 0 Å². The van der Waals surface area contributed by atoms with Crippen molar-refractivity contribution in [2.24, 2.45) is 0 Å². The van der Waals surface area contributed by atoms with Crippen LogP contribution in [0.3, 0.4) is 0 Å². The summed E-state index contributed by atoms with van der Waals surface area (Å²) in [5.41, 5.74) is 15.9. The van der Waals surface area contributed by atoms with Crippen molar-refractivity contribution in [1.82, 2.24) is 4.98 Å². The van der Waals surface area contributed by atoms with Crippen molar-refractivity contribution in [3.8, 4) is 66.9 Å². The molecule has 0 bridgehead atoms. The van der Waals surface area contributed by atoms with Crippen molar-refractivity contribution in [2.75, 3.05) is 0 Å². The fourth-order valence-corrected chi connectivity index (χ4v) is 8.73. The molecule has 240 valence electrons. The number of hydrogen-bond acceptors (Lipinski definition) is 1. The van der Waals surface area contributed by atoms with E-state index in [0.717, 1.165) is 22.2 Å². The summed E-state index contributed by atoms with van der Waals surface area (Å²) >= 11 is 0. The number of fused-ring (bicyclic) bond motifs is 7. The summed E-state index contributed by atoms with van der Waals surface area (Å²) in [5.74, 6) is 0. The summed E-state index contributed by atoms with van der Waals surface area (Å²) in [7, 11) is 0. The average Bonchev–Trinajstić information content (AvgIpc) is 3.55.